The van der Waals surface area contributed by atoms with Gasteiger partial charge < -0.3 is 11.5 Å². The smallest absolute Gasteiger partial charge is 0.147 e. The maximum absolute atomic E-state index is 12.6. The van der Waals surface area contributed by atoms with Crippen LogP contribution in [0.15, 0.2) is 42.7 Å². The highest BCUT2D eigenvalue weighted by atomic mass is 16.1. The highest BCUT2D eigenvalue weighted by molar-refractivity contribution is 5.95. The normalized spacial score (nSPS) is 15.8. The Hall–Kier alpha value is -2.36. The zero-order valence-corrected chi connectivity index (χ0v) is 11.2. The van der Waals surface area contributed by atoms with E-state index in [2.05, 4.69) is 4.98 Å². The summed E-state index contributed by atoms with van der Waals surface area (Å²) in [6.07, 6.45) is 5.44. The number of nitrogens with two attached hydrogens (primary N) is 2. The second kappa shape index (κ2) is 4.63. The Kier molecular flexibility index (Phi) is 2.93. The standard InChI is InChI=1S/C16H17N3O/c17-13-3-1-12(2-4-13)16(6-7-16)15(20)9-11-10-19-8-5-14(11)18/h1-5,8,10H,6-7,9,17H2,(H2,18,19). The number of aromatic nitrogens is 1. The molecule has 4 heteroatoms. The molecule has 0 spiro atoms. The van der Waals surface area contributed by atoms with E-state index in [4.69, 9.17) is 11.5 Å². The quantitative estimate of drug-likeness (QED) is 0.831. The number of ketones is 1. The molecule has 1 aromatic heterocycles. The van der Waals surface area contributed by atoms with Gasteiger partial charge in [0.1, 0.15) is 5.78 Å². The molecule has 1 saturated carbocycles. The molecule has 0 aliphatic heterocycles. The fraction of sp³-hybridized carbons (Fsp3) is 0.250. The molecule has 1 aliphatic carbocycles. The minimum Gasteiger partial charge on any atom is -0.399 e. The molecule has 0 atom stereocenters. The minimum atomic E-state index is -0.337. The number of pyridine rings is 1. The number of hydrogen-bond donors (Lipinski definition) is 2. The highest BCUT2D eigenvalue weighted by Gasteiger charge is 2.50. The highest BCUT2D eigenvalue weighted by Crippen LogP contribution is 2.49. The van der Waals surface area contributed by atoms with Crippen LogP contribution in [-0.4, -0.2) is 10.8 Å². The molecule has 3 rings (SSSR count). The van der Waals surface area contributed by atoms with Crippen molar-refractivity contribution in [3.8, 4) is 0 Å². The van der Waals surface area contributed by atoms with Gasteiger partial charge in [-0.05, 0) is 36.6 Å². The molecule has 0 amide bonds. The maximum atomic E-state index is 12.6. The summed E-state index contributed by atoms with van der Waals surface area (Å²) in [6, 6.07) is 9.33. The van der Waals surface area contributed by atoms with Crippen LogP contribution >= 0.6 is 0 Å². The van der Waals surface area contributed by atoms with Crippen LogP contribution in [0.25, 0.3) is 0 Å². The molecular formula is C16H17N3O. The summed E-state index contributed by atoms with van der Waals surface area (Å²) in [4.78, 5) is 16.7. The van der Waals surface area contributed by atoms with Crippen LogP contribution in [0.2, 0.25) is 0 Å². The van der Waals surface area contributed by atoms with Crippen molar-refractivity contribution in [2.24, 2.45) is 0 Å². The van der Waals surface area contributed by atoms with Crippen LogP contribution in [0, 0.1) is 0 Å². The first kappa shape index (κ1) is 12.7. The average molecular weight is 267 g/mol. The second-order valence-corrected chi connectivity index (χ2v) is 5.38. The van der Waals surface area contributed by atoms with Crippen LogP contribution in [-0.2, 0) is 16.6 Å². The third-order valence-corrected chi connectivity index (χ3v) is 4.04. The van der Waals surface area contributed by atoms with Crippen LogP contribution in [0.1, 0.15) is 24.0 Å². The van der Waals surface area contributed by atoms with Crippen LogP contribution in [0.3, 0.4) is 0 Å². The molecule has 102 valence electrons. The molecule has 4 N–H and O–H groups in total. The van der Waals surface area contributed by atoms with E-state index in [1.807, 2.05) is 24.3 Å². The summed E-state index contributed by atoms with van der Waals surface area (Å²) in [6.45, 7) is 0. The predicted molar refractivity (Wildman–Crippen MR) is 79.1 cm³/mol. The first-order valence-electron chi connectivity index (χ1n) is 6.69. The molecule has 2 aromatic rings. The number of hydrogen-bond acceptors (Lipinski definition) is 4. The van der Waals surface area contributed by atoms with E-state index in [-0.39, 0.29) is 11.2 Å². The van der Waals surface area contributed by atoms with Crippen molar-refractivity contribution in [3.63, 3.8) is 0 Å². The average Bonchev–Trinajstić information content (AvgIpc) is 3.24. The molecule has 20 heavy (non-hydrogen) atoms. The van der Waals surface area contributed by atoms with Gasteiger partial charge in [-0.1, -0.05) is 12.1 Å². The lowest BCUT2D eigenvalue weighted by atomic mass is 9.88. The monoisotopic (exact) mass is 267 g/mol. The molecule has 0 saturated heterocycles. The van der Waals surface area contributed by atoms with Crippen molar-refractivity contribution in [3.05, 3.63) is 53.9 Å². The molecular weight excluding hydrogens is 250 g/mol. The Morgan fingerprint density at radius 3 is 2.45 bits per heavy atom. The van der Waals surface area contributed by atoms with E-state index >= 15 is 0 Å². The van der Waals surface area contributed by atoms with E-state index in [0.717, 1.165) is 24.0 Å². The van der Waals surface area contributed by atoms with E-state index in [1.54, 1.807) is 18.5 Å². The zero-order chi connectivity index (χ0) is 14.2. The summed E-state index contributed by atoms with van der Waals surface area (Å²) in [5.74, 6) is 0.210. The molecule has 1 aliphatic rings. The van der Waals surface area contributed by atoms with E-state index in [9.17, 15) is 4.79 Å². The van der Waals surface area contributed by atoms with Crippen molar-refractivity contribution in [2.75, 3.05) is 11.5 Å². The largest absolute Gasteiger partial charge is 0.399 e. The van der Waals surface area contributed by atoms with E-state index in [1.165, 1.54) is 0 Å². The topological polar surface area (TPSA) is 82.0 Å². The number of anilines is 2. The van der Waals surface area contributed by atoms with Gasteiger partial charge in [-0.25, -0.2) is 0 Å². The number of Topliss-reactive ketones (excluding diaryl/α,β-unsaturated/α-hetero) is 1. The van der Waals surface area contributed by atoms with Gasteiger partial charge in [0.05, 0.1) is 5.41 Å². The van der Waals surface area contributed by atoms with Gasteiger partial charge in [0.15, 0.2) is 0 Å². The van der Waals surface area contributed by atoms with Gasteiger partial charge in [0.25, 0.3) is 0 Å². The van der Waals surface area contributed by atoms with Crippen molar-refractivity contribution < 1.29 is 4.79 Å². The molecule has 0 radical (unpaired) electrons. The summed E-state index contributed by atoms with van der Waals surface area (Å²) in [5, 5.41) is 0. The number of nitrogens with zero attached hydrogens (tertiary/aromatic N) is 1. The van der Waals surface area contributed by atoms with E-state index < -0.39 is 0 Å². The van der Waals surface area contributed by atoms with Gasteiger partial charge in [-0.2, -0.15) is 0 Å². The molecule has 1 fully saturated rings. The Bertz CT molecular complexity index is 645. The van der Waals surface area contributed by atoms with Gasteiger partial charge in [-0.15, -0.1) is 0 Å². The van der Waals surface area contributed by atoms with Gasteiger partial charge in [0, 0.05) is 35.8 Å². The zero-order valence-electron chi connectivity index (χ0n) is 11.2. The Morgan fingerprint density at radius 2 is 1.85 bits per heavy atom. The van der Waals surface area contributed by atoms with Gasteiger partial charge in [0.2, 0.25) is 0 Å². The minimum absolute atomic E-state index is 0.210. The molecule has 4 nitrogen and oxygen atoms in total. The third-order valence-electron chi connectivity index (χ3n) is 4.04. The third kappa shape index (κ3) is 2.13. The Balaban J connectivity index is 1.84. The predicted octanol–water partition coefficient (Wildman–Crippen LogP) is 2.09. The number of rotatable bonds is 4. The molecule has 1 heterocycles. The van der Waals surface area contributed by atoms with Gasteiger partial charge >= 0.3 is 0 Å². The summed E-state index contributed by atoms with van der Waals surface area (Å²) >= 11 is 0. The van der Waals surface area contributed by atoms with Gasteiger partial charge in [-0.3, -0.25) is 9.78 Å². The summed E-state index contributed by atoms with van der Waals surface area (Å²) in [5.41, 5.74) is 14.4. The fourth-order valence-corrected chi connectivity index (χ4v) is 2.58. The maximum Gasteiger partial charge on any atom is 0.147 e. The number of carbonyl (C=O) groups is 1. The fourth-order valence-electron chi connectivity index (χ4n) is 2.58. The first-order chi connectivity index (χ1) is 9.62. The number of carbonyl (C=O) groups excluding carboxylic acids is 1. The Labute approximate surface area is 117 Å². The number of nitrogen functional groups attached to an aromatic ring is 2. The molecule has 0 bridgehead atoms. The van der Waals surface area contributed by atoms with Crippen molar-refractivity contribution >= 4 is 17.2 Å². The SMILES string of the molecule is Nc1ccc(C2(C(=O)Cc3cnccc3N)CC2)cc1. The summed E-state index contributed by atoms with van der Waals surface area (Å²) < 4.78 is 0. The van der Waals surface area contributed by atoms with Crippen LogP contribution in [0.5, 0.6) is 0 Å². The van der Waals surface area contributed by atoms with Crippen molar-refractivity contribution in [1.82, 2.24) is 4.98 Å². The first-order valence-corrected chi connectivity index (χ1v) is 6.69. The van der Waals surface area contributed by atoms with E-state index in [0.29, 0.717) is 17.8 Å². The lowest BCUT2D eigenvalue weighted by Gasteiger charge is -2.15. The lowest BCUT2D eigenvalue weighted by molar-refractivity contribution is -0.120. The van der Waals surface area contributed by atoms with Crippen LogP contribution < -0.4 is 11.5 Å². The Morgan fingerprint density at radius 1 is 1.15 bits per heavy atom. The molecule has 0 unspecified atom stereocenters. The second-order valence-electron chi connectivity index (χ2n) is 5.38. The van der Waals surface area contributed by atoms with Crippen molar-refractivity contribution in [1.29, 1.82) is 0 Å². The van der Waals surface area contributed by atoms with Crippen LogP contribution in [0.4, 0.5) is 11.4 Å². The summed E-state index contributed by atoms with van der Waals surface area (Å²) in [7, 11) is 0. The molecule has 1 aromatic carbocycles. The number of benzene rings is 1. The lowest BCUT2D eigenvalue weighted by Crippen LogP contribution is -2.23. The van der Waals surface area contributed by atoms with Crippen molar-refractivity contribution in [2.45, 2.75) is 24.7 Å².